The zero-order valence-corrected chi connectivity index (χ0v) is 10.9. The van der Waals surface area contributed by atoms with Gasteiger partial charge in [-0.05, 0) is 31.4 Å². The molecular formula is C11H13ClO4S. The van der Waals surface area contributed by atoms with Crippen LogP contribution in [0.4, 0.5) is 0 Å². The van der Waals surface area contributed by atoms with Crippen LogP contribution in [0.3, 0.4) is 0 Å². The number of hydrogen-bond acceptors (Lipinski definition) is 4. The van der Waals surface area contributed by atoms with Crippen LogP contribution in [-0.4, -0.2) is 21.6 Å². The molecule has 94 valence electrons. The minimum Gasteiger partial charge on any atom is -0.493 e. The molecule has 2 rings (SSSR count). The molecule has 0 unspecified atom stereocenters. The second kappa shape index (κ2) is 4.74. The third-order valence-electron chi connectivity index (χ3n) is 2.76. The lowest BCUT2D eigenvalue weighted by molar-refractivity contribution is 0.112. The molecule has 6 heteroatoms. The normalized spacial score (nSPS) is 16.4. The summed E-state index contributed by atoms with van der Waals surface area (Å²) >= 11 is 0. The molecule has 0 radical (unpaired) electrons. The van der Waals surface area contributed by atoms with Crippen LogP contribution in [0.15, 0.2) is 23.1 Å². The number of benzene rings is 1. The Bertz CT molecular complexity index is 508. The van der Waals surface area contributed by atoms with Crippen LogP contribution in [0, 0.1) is 0 Å². The van der Waals surface area contributed by atoms with E-state index in [0.717, 1.165) is 19.3 Å². The van der Waals surface area contributed by atoms with Crippen molar-refractivity contribution in [1.82, 2.24) is 0 Å². The van der Waals surface area contributed by atoms with Gasteiger partial charge in [0.1, 0.15) is 4.90 Å². The SMILES string of the molecule is COc1cccc(S(=O)(=O)Cl)c1OC1CCC1. The van der Waals surface area contributed by atoms with E-state index in [1.165, 1.54) is 13.2 Å². The van der Waals surface area contributed by atoms with Gasteiger partial charge in [-0.15, -0.1) is 0 Å². The number of hydrogen-bond donors (Lipinski definition) is 0. The van der Waals surface area contributed by atoms with Crippen LogP contribution >= 0.6 is 10.7 Å². The molecular weight excluding hydrogens is 264 g/mol. The Morgan fingerprint density at radius 3 is 2.53 bits per heavy atom. The first-order valence-electron chi connectivity index (χ1n) is 5.30. The summed E-state index contributed by atoms with van der Waals surface area (Å²) in [4.78, 5) is -0.0367. The molecule has 0 bridgehead atoms. The molecule has 0 aliphatic heterocycles. The molecule has 0 atom stereocenters. The van der Waals surface area contributed by atoms with Crippen molar-refractivity contribution in [2.75, 3.05) is 7.11 Å². The van der Waals surface area contributed by atoms with Crippen LogP contribution in [0.25, 0.3) is 0 Å². The fraction of sp³-hybridized carbons (Fsp3) is 0.455. The number of ether oxygens (including phenoxy) is 2. The topological polar surface area (TPSA) is 52.6 Å². The summed E-state index contributed by atoms with van der Waals surface area (Å²) in [5, 5.41) is 0. The first-order chi connectivity index (χ1) is 8.02. The highest BCUT2D eigenvalue weighted by Crippen LogP contribution is 2.38. The van der Waals surface area contributed by atoms with Gasteiger partial charge in [0.05, 0.1) is 13.2 Å². The van der Waals surface area contributed by atoms with E-state index in [0.29, 0.717) is 5.75 Å². The highest BCUT2D eigenvalue weighted by atomic mass is 35.7. The summed E-state index contributed by atoms with van der Waals surface area (Å²) in [6.45, 7) is 0. The zero-order valence-electron chi connectivity index (χ0n) is 9.35. The van der Waals surface area contributed by atoms with Gasteiger partial charge in [0.2, 0.25) is 0 Å². The molecule has 1 aliphatic carbocycles. The summed E-state index contributed by atoms with van der Waals surface area (Å²) in [6, 6.07) is 4.64. The highest BCUT2D eigenvalue weighted by molar-refractivity contribution is 8.13. The lowest BCUT2D eigenvalue weighted by atomic mass is 9.96. The number of rotatable bonds is 4. The average Bonchev–Trinajstić information content (AvgIpc) is 2.21. The molecule has 0 spiro atoms. The van der Waals surface area contributed by atoms with E-state index in [1.807, 2.05) is 0 Å². The molecule has 0 heterocycles. The molecule has 0 N–H and O–H groups in total. The third kappa shape index (κ3) is 2.66. The van der Waals surface area contributed by atoms with Crippen LogP contribution in [0.1, 0.15) is 19.3 Å². The molecule has 1 aromatic rings. The Hall–Kier alpha value is -0.940. The zero-order chi connectivity index (χ0) is 12.5. The van der Waals surface area contributed by atoms with Gasteiger partial charge in [0.15, 0.2) is 11.5 Å². The summed E-state index contributed by atoms with van der Waals surface area (Å²) in [5.41, 5.74) is 0. The molecule has 4 nitrogen and oxygen atoms in total. The molecule has 0 saturated heterocycles. The fourth-order valence-electron chi connectivity index (χ4n) is 1.62. The predicted octanol–water partition coefficient (Wildman–Crippen LogP) is 2.55. The van der Waals surface area contributed by atoms with E-state index in [-0.39, 0.29) is 16.7 Å². The second-order valence-corrected chi connectivity index (χ2v) is 6.43. The van der Waals surface area contributed by atoms with Crippen molar-refractivity contribution in [3.8, 4) is 11.5 Å². The maximum atomic E-state index is 11.4. The van der Waals surface area contributed by atoms with Crippen molar-refractivity contribution in [3.05, 3.63) is 18.2 Å². The average molecular weight is 277 g/mol. The van der Waals surface area contributed by atoms with Crippen LogP contribution in [-0.2, 0) is 9.05 Å². The highest BCUT2D eigenvalue weighted by Gasteiger charge is 2.26. The molecule has 1 saturated carbocycles. The Kier molecular flexibility index (Phi) is 3.49. The van der Waals surface area contributed by atoms with E-state index >= 15 is 0 Å². The molecule has 0 aromatic heterocycles. The van der Waals surface area contributed by atoms with E-state index in [4.69, 9.17) is 20.2 Å². The summed E-state index contributed by atoms with van der Waals surface area (Å²) in [6.07, 6.45) is 3.02. The van der Waals surface area contributed by atoms with Gasteiger partial charge in [0, 0.05) is 10.7 Å². The van der Waals surface area contributed by atoms with Gasteiger partial charge in [0.25, 0.3) is 9.05 Å². The predicted molar refractivity (Wildman–Crippen MR) is 64.3 cm³/mol. The van der Waals surface area contributed by atoms with Crippen molar-refractivity contribution in [3.63, 3.8) is 0 Å². The molecule has 1 fully saturated rings. The van der Waals surface area contributed by atoms with Gasteiger partial charge >= 0.3 is 0 Å². The fourth-order valence-corrected chi connectivity index (χ4v) is 2.60. The van der Waals surface area contributed by atoms with E-state index in [9.17, 15) is 8.42 Å². The van der Waals surface area contributed by atoms with Crippen molar-refractivity contribution in [1.29, 1.82) is 0 Å². The summed E-state index contributed by atoms with van der Waals surface area (Å²) in [5.74, 6) is 0.605. The monoisotopic (exact) mass is 276 g/mol. The van der Waals surface area contributed by atoms with Gasteiger partial charge in [-0.3, -0.25) is 0 Å². The smallest absolute Gasteiger partial charge is 0.265 e. The minimum absolute atomic E-state index is 0.0367. The first kappa shape index (κ1) is 12.5. The molecule has 1 aliphatic rings. The van der Waals surface area contributed by atoms with Gasteiger partial charge < -0.3 is 9.47 Å². The largest absolute Gasteiger partial charge is 0.493 e. The Morgan fingerprint density at radius 2 is 2.06 bits per heavy atom. The van der Waals surface area contributed by atoms with E-state index < -0.39 is 9.05 Å². The maximum Gasteiger partial charge on any atom is 0.265 e. The standard InChI is InChI=1S/C11H13ClO4S/c1-15-9-6-3-7-10(17(12,13)14)11(9)16-8-4-2-5-8/h3,6-8H,2,4-5H2,1H3. The molecule has 17 heavy (non-hydrogen) atoms. The van der Waals surface area contributed by atoms with E-state index in [1.54, 1.807) is 12.1 Å². The number of para-hydroxylation sites is 1. The summed E-state index contributed by atoms with van der Waals surface area (Å²) in [7, 11) is 3.01. The van der Waals surface area contributed by atoms with Gasteiger partial charge in [-0.2, -0.15) is 0 Å². The first-order valence-corrected chi connectivity index (χ1v) is 7.61. The Morgan fingerprint density at radius 1 is 1.35 bits per heavy atom. The van der Waals surface area contributed by atoms with Crippen molar-refractivity contribution in [2.24, 2.45) is 0 Å². The number of methoxy groups -OCH3 is 1. The van der Waals surface area contributed by atoms with Crippen LogP contribution < -0.4 is 9.47 Å². The van der Waals surface area contributed by atoms with E-state index in [2.05, 4.69) is 0 Å². The minimum atomic E-state index is -3.83. The summed E-state index contributed by atoms with van der Waals surface area (Å²) < 4.78 is 33.6. The lowest BCUT2D eigenvalue weighted by Crippen LogP contribution is -2.25. The van der Waals surface area contributed by atoms with Crippen LogP contribution in [0.2, 0.25) is 0 Å². The Labute approximate surface area is 105 Å². The lowest BCUT2D eigenvalue weighted by Gasteiger charge is -2.27. The van der Waals surface area contributed by atoms with Crippen LogP contribution in [0.5, 0.6) is 11.5 Å². The Balaban J connectivity index is 2.43. The third-order valence-corrected chi connectivity index (χ3v) is 4.11. The molecule has 0 amide bonds. The maximum absolute atomic E-state index is 11.4. The van der Waals surface area contributed by atoms with Crippen molar-refractivity contribution in [2.45, 2.75) is 30.3 Å². The second-order valence-electron chi connectivity index (χ2n) is 3.90. The van der Waals surface area contributed by atoms with Crippen molar-refractivity contribution < 1.29 is 17.9 Å². The van der Waals surface area contributed by atoms with Gasteiger partial charge in [-0.25, -0.2) is 8.42 Å². The molecule has 1 aromatic carbocycles. The quantitative estimate of drug-likeness (QED) is 0.793. The number of halogens is 1. The van der Waals surface area contributed by atoms with Gasteiger partial charge in [-0.1, -0.05) is 6.07 Å². The van der Waals surface area contributed by atoms with Crippen molar-refractivity contribution >= 4 is 19.7 Å².